The number of rotatable bonds is 13. The summed E-state index contributed by atoms with van der Waals surface area (Å²) in [6.45, 7) is 1.45. The molecule has 0 atom stereocenters. The van der Waals surface area contributed by atoms with Crippen LogP contribution in [0.5, 0.6) is 0 Å². The molecule has 4 aromatic carbocycles. The van der Waals surface area contributed by atoms with E-state index in [1.807, 2.05) is 121 Å². The summed E-state index contributed by atoms with van der Waals surface area (Å²) in [6.07, 6.45) is 1.85. The molecular formula is C31H29O4. The first-order valence-electron chi connectivity index (χ1n) is 11.6. The minimum atomic E-state index is 0.279. The van der Waals surface area contributed by atoms with Gasteiger partial charge in [-0.15, -0.1) is 0 Å². The summed E-state index contributed by atoms with van der Waals surface area (Å²) in [5.41, 5.74) is 4.15. The minimum absolute atomic E-state index is 0.279. The molecule has 0 aliphatic heterocycles. The summed E-state index contributed by atoms with van der Waals surface area (Å²) in [4.78, 5) is 0. The Bertz CT molecular complexity index is 1090. The molecule has 0 aliphatic rings. The third-order valence-electron chi connectivity index (χ3n) is 5.15. The molecule has 4 nitrogen and oxygen atoms in total. The first-order valence-corrected chi connectivity index (χ1v) is 11.6. The van der Waals surface area contributed by atoms with E-state index in [4.69, 9.17) is 18.9 Å². The van der Waals surface area contributed by atoms with Crippen LogP contribution < -0.4 is 0 Å². The molecule has 0 unspecified atom stereocenters. The predicted octanol–water partition coefficient (Wildman–Crippen LogP) is 7.18. The summed E-state index contributed by atoms with van der Waals surface area (Å²) in [6, 6.07) is 39.9. The van der Waals surface area contributed by atoms with Gasteiger partial charge < -0.3 is 18.9 Å². The van der Waals surface area contributed by atoms with Crippen molar-refractivity contribution < 1.29 is 18.9 Å². The van der Waals surface area contributed by atoms with Gasteiger partial charge in [0.15, 0.2) is 5.76 Å². The number of benzene rings is 4. The van der Waals surface area contributed by atoms with Crippen LogP contribution in [0.4, 0.5) is 0 Å². The lowest BCUT2D eigenvalue weighted by Crippen LogP contribution is -2.14. The molecule has 4 heteroatoms. The molecule has 0 spiro atoms. The fourth-order valence-corrected chi connectivity index (χ4v) is 3.29. The fraction of sp³-hybridized carbons (Fsp3) is 0.129. The van der Waals surface area contributed by atoms with Crippen molar-refractivity contribution in [1.29, 1.82) is 0 Å². The van der Waals surface area contributed by atoms with Gasteiger partial charge >= 0.3 is 0 Å². The van der Waals surface area contributed by atoms with Crippen molar-refractivity contribution in [2.45, 2.75) is 26.4 Å². The van der Waals surface area contributed by atoms with Crippen LogP contribution in [0.15, 0.2) is 133 Å². The van der Waals surface area contributed by atoms with Crippen molar-refractivity contribution in [3.05, 3.63) is 162 Å². The van der Waals surface area contributed by atoms with Crippen LogP contribution in [0.3, 0.4) is 0 Å². The lowest BCUT2D eigenvalue weighted by atomic mass is 10.2. The van der Waals surface area contributed by atoms with Crippen molar-refractivity contribution in [2.75, 3.05) is 0 Å². The highest BCUT2D eigenvalue weighted by molar-refractivity contribution is 5.18. The Hall–Kier alpha value is -3.86. The quantitative estimate of drug-likeness (QED) is 0.196. The molecule has 35 heavy (non-hydrogen) atoms. The van der Waals surface area contributed by atoms with E-state index >= 15 is 0 Å². The van der Waals surface area contributed by atoms with Crippen LogP contribution in [-0.2, 0) is 45.4 Å². The van der Waals surface area contributed by atoms with Crippen LogP contribution >= 0.6 is 0 Å². The predicted molar refractivity (Wildman–Crippen MR) is 136 cm³/mol. The van der Waals surface area contributed by atoms with Crippen LogP contribution in [0.25, 0.3) is 0 Å². The van der Waals surface area contributed by atoms with Gasteiger partial charge in [0, 0.05) is 0 Å². The Balaban J connectivity index is 1.50. The SMILES string of the molecule is C(OCc1ccccc1)=C(OCc1ccccc1)[C](OCc1ccccc1)OCc1ccccc1. The third kappa shape index (κ3) is 8.45. The molecule has 1 radical (unpaired) electrons. The molecule has 177 valence electrons. The van der Waals surface area contributed by atoms with Gasteiger partial charge in [0.2, 0.25) is 0 Å². The minimum Gasteiger partial charge on any atom is -0.493 e. The lowest BCUT2D eigenvalue weighted by molar-refractivity contribution is -0.0725. The van der Waals surface area contributed by atoms with Crippen molar-refractivity contribution in [1.82, 2.24) is 0 Å². The van der Waals surface area contributed by atoms with Crippen LogP contribution in [0, 0.1) is 6.29 Å². The maximum Gasteiger partial charge on any atom is 0.296 e. The second kappa shape index (κ2) is 13.8. The zero-order valence-corrected chi connectivity index (χ0v) is 19.6. The van der Waals surface area contributed by atoms with Gasteiger partial charge in [-0.05, 0) is 22.3 Å². The maximum absolute atomic E-state index is 6.15. The summed E-state index contributed by atoms with van der Waals surface area (Å²) in [7, 11) is 0. The molecule has 4 rings (SSSR count). The average Bonchev–Trinajstić information content (AvgIpc) is 2.93. The van der Waals surface area contributed by atoms with Gasteiger partial charge in [-0.2, -0.15) is 0 Å². The summed E-state index contributed by atoms with van der Waals surface area (Å²) in [5.74, 6) is 0.400. The van der Waals surface area contributed by atoms with E-state index in [9.17, 15) is 0 Å². The topological polar surface area (TPSA) is 36.9 Å². The molecule has 0 bridgehead atoms. The molecule has 0 fully saturated rings. The van der Waals surface area contributed by atoms with Gasteiger partial charge in [0.05, 0.1) is 13.2 Å². The average molecular weight is 466 g/mol. The van der Waals surface area contributed by atoms with E-state index in [-0.39, 0.29) is 6.29 Å². The first kappa shape index (κ1) is 24.3. The zero-order chi connectivity index (χ0) is 24.0. The number of hydrogen-bond acceptors (Lipinski definition) is 4. The maximum atomic E-state index is 6.15. The molecule has 0 aromatic heterocycles. The number of ether oxygens (including phenoxy) is 4. The Kier molecular flexibility index (Phi) is 9.54. The van der Waals surface area contributed by atoms with E-state index in [2.05, 4.69) is 0 Å². The highest BCUT2D eigenvalue weighted by Gasteiger charge is 2.22. The molecule has 0 saturated heterocycles. The Morgan fingerprint density at radius 1 is 0.429 bits per heavy atom. The van der Waals surface area contributed by atoms with E-state index in [0.717, 1.165) is 22.3 Å². The molecule has 0 saturated carbocycles. The van der Waals surface area contributed by atoms with E-state index in [1.54, 1.807) is 6.26 Å². The van der Waals surface area contributed by atoms with Crippen molar-refractivity contribution in [3.8, 4) is 0 Å². The number of hydrogen-bond donors (Lipinski definition) is 0. The van der Waals surface area contributed by atoms with Crippen LogP contribution in [0.1, 0.15) is 22.3 Å². The highest BCUT2D eigenvalue weighted by atomic mass is 16.7. The second-order valence-electron chi connectivity index (χ2n) is 7.89. The monoisotopic (exact) mass is 465 g/mol. The molecule has 0 heterocycles. The van der Waals surface area contributed by atoms with Crippen molar-refractivity contribution >= 4 is 0 Å². The fourth-order valence-electron chi connectivity index (χ4n) is 3.29. The Labute approximate surface area is 207 Å². The van der Waals surface area contributed by atoms with Gasteiger partial charge in [0.1, 0.15) is 19.5 Å². The van der Waals surface area contributed by atoms with Gasteiger partial charge in [-0.3, -0.25) is 0 Å². The van der Waals surface area contributed by atoms with Gasteiger partial charge in [-0.25, -0.2) is 0 Å². The van der Waals surface area contributed by atoms with Crippen molar-refractivity contribution in [2.24, 2.45) is 0 Å². The smallest absolute Gasteiger partial charge is 0.296 e. The summed E-state index contributed by atoms with van der Waals surface area (Å²) in [5, 5.41) is 0. The second-order valence-corrected chi connectivity index (χ2v) is 7.89. The largest absolute Gasteiger partial charge is 0.493 e. The molecule has 0 N–H and O–H groups in total. The Morgan fingerprint density at radius 2 is 0.771 bits per heavy atom. The summed E-state index contributed by atoms with van der Waals surface area (Å²) >= 11 is 0. The lowest BCUT2D eigenvalue weighted by Gasteiger charge is -2.20. The van der Waals surface area contributed by atoms with Gasteiger partial charge in [0.25, 0.3) is 6.29 Å². The molecule has 0 amide bonds. The van der Waals surface area contributed by atoms with Crippen LogP contribution in [0.2, 0.25) is 0 Å². The zero-order valence-electron chi connectivity index (χ0n) is 19.6. The molecular weight excluding hydrogens is 436 g/mol. The molecule has 4 aromatic rings. The van der Waals surface area contributed by atoms with E-state index < -0.39 is 0 Å². The molecule has 0 aliphatic carbocycles. The normalized spacial score (nSPS) is 11.4. The first-order chi connectivity index (χ1) is 17.4. The van der Waals surface area contributed by atoms with E-state index in [0.29, 0.717) is 32.2 Å². The van der Waals surface area contributed by atoms with E-state index in [1.165, 1.54) is 0 Å². The highest BCUT2D eigenvalue weighted by Crippen LogP contribution is 2.24. The Morgan fingerprint density at radius 3 is 1.17 bits per heavy atom. The standard InChI is InChI=1S/C31H29O4/c1-5-13-26(14-6-1)21-32-25-30(33-22-27-15-7-2-8-16-27)31(34-23-28-17-9-3-10-18-28)35-24-29-19-11-4-12-20-29/h1-20,25H,21-24H2. The van der Waals surface area contributed by atoms with Crippen molar-refractivity contribution in [3.63, 3.8) is 0 Å². The van der Waals surface area contributed by atoms with Gasteiger partial charge in [-0.1, -0.05) is 121 Å². The summed E-state index contributed by atoms with van der Waals surface area (Å²) < 4.78 is 24.3. The van der Waals surface area contributed by atoms with Crippen LogP contribution in [-0.4, -0.2) is 0 Å². The third-order valence-corrected chi connectivity index (χ3v) is 5.15.